The van der Waals surface area contributed by atoms with Gasteiger partial charge in [0.15, 0.2) is 5.82 Å². The normalized spacial score (nSPS) is 23.2. The van der Waals surface area contributed by atoms with Gasteiger partial charge in [-0.25, -0.2) is 0 Å². The molecular weight excluding hydrogens is 246 g/mol. The molecule has 0 N–H and O–H groups in total. The summed E-state index contributed by atoms with van der Waals surface area (Å²) >= 11 is 0. The van der Waals surface area contributed by atoms with Gasteiger partial charge in [0.05, 0.1) is 18.8 Å². The lowest BCUT2D eigenvalue weighted by Crippen LogP contribution is -2.54. The van der Waals surface area contributed by atoms with E-state index in [1.165, 1.54) is 0 Å². The van der Waals surface area contributed by atoms with Gasteiger partial charge in [0.1, 0.15) is 0 Å². The summed E-state index contributed by atoms with van der Waals surface area (Å²) in [5, 5.41) is 4.03. The Bertz CT molecular complexity index is 421. The first-order valence-electron chi connectivity index (χ1n) is 6.99. The Kier molecular flexibility index (Phi) is 3.45. The van der Waals surface area contributed by atoms with Crippen molar-refractivity contribution in [1.29, 1.82) is 0 Å². The molecule has 1 aromatic rings. The molecule has 0 aromatic carbocycles. The van der Waals surface area contributed by atoms with Crippen LogP contribution in [-0.4, -0.2) is 48.7 Å². The SMILES string of the molecule is CC(C)c1noc(N2CCOC3(CCOCC3)C2)n1. The minimum atomic E-state index is -0.0943. The molecule has 6 nitrogen and oxygen atoms in total. The van der Waals surface area contributed by atoms with E-state index >= 15 is 0 Å². The monoisotopic (exact) mass is 267 g/mol. The molecule has 2 fully saturated rings. The van der Waals surface area contributed by atoms with Crippen molar-refractivity contribution in [3.05, 3.63) is 5.82 Å². The predicted molar refractivity (Wildman–Crippen MR) is 69.3 cm³/mol. The van der Waals surface area contributed by atoms with E-state index in [0.29, 0.717) is 12.6 Å². The number of nitrogens with zero attached hydrogens (tertiary/aromatic N) is 3. The standard InChI is InChI=1S/C13H21N3O3/c1-10(2)11-14-12(19-15-11)16-5-8-18-13(9-16)3-6-17-7-4-13/h10H,3-9H2,1-2H3. The molecule has 1 spiro atoms. The highest BCUT2D eigenvalue weighted by atomic mass is 16.5. The number of rotatable bonds is 2. The van der Waals surface area contributed by atoms with Crippen LogP contribution in [0.3, 0.4) is 0 Å². The van der Waals surface area contributed by atoms with Crippen LogP contribution in [0.25, 0.3) is 0 Å². The van der Waals surface area contributed by atoms with Gasteiger partial charge in [-0.15, -0.1) is 0 Å². The fourth-order valence-corrected chi connectivity index (χ4v) is 2.64. The van der Waals surface area contributed by atoms with Gasteiger partial charge in [-0.2, -0.15) is 4.98 Å². The smallest absolute Gasteiger partial charge is 0.324 e. The summed E-state index contributed by atoms with van der Waals surface area (Å²) in [5.74, 6) is 1.05. The van der Waals surface area contributed by atoms with Gasteiger partial charge in [-0.05, 0) is 0 Å². The Balaban J connectivity index is 1.73. The van der Waals surface area contributed by atoms with E-state index < -0.39 is 0 Å². The third kappa shape index (κ3) is 2.60. The fraction of sp³-hybridized carbons (Fsp3) is 0.846. The molecule has 0 unspecified atom stereocenters. The summed E-state index contributed by atoms with van der Waals surface area (Å²) in [6.07, 6.45) is 1.88. The van der Waals surface area contributed by atoms with Crippen LogP contribution < -0.4 is 4.90 Å². The molecule has 2 aliphatic heterocycles. The minimum absolute atomic E-state index is 0.0943. The molecule has 2 aliphatic rings. The van der Waals surface area contributed by atoms with Crippen molar-refractivity contribution in [2.45, 2.75) is 38.2 Å². The molecule has 0 saturated carbocycles. The van der Waals surface area contributed by atoms with Crippen LogP contribution in [0.1, 0.15) is 38.4 Å². The van der Waals surface area contributed by atoms with Crippen LogP contribution in [0.5, 0.6) is 0 Å². The molecule has 1 aromatic heterocycles. The van der Waals surface area contributed by atoms with E-state index in [1.807, 2.05) is 0 Å². The quantitative estimate of drug-likeness (QED) is 0.810. The van der Waals surface area contributed by atoms with Crippen LogP contribution in [-0.2, 0) is 9.47 Å². The average molecular weight is 267 g/mol. The largest absolute Gasteiger partial charge is 0.381 e. The van der Waals surface area contributed by atoms with Crippen LogP contribution in [0.4, 0.5) is 6.01 Å². The highest BCUT2D eigenvalue weighted by molar-refractivity contribution is 5.28. The lowest BCUT2D eigenvalue weighted by atomic mass is 9.92. The molecule has 6 heteroatoms. The second kappa shape index (κ2) is 5.09. The molecule has 3 rings (SSSR count). The van der Waals surface area contributed by atoms with Crippen LogP contribution in [0, 0.1) is 0 Å². The number of hydrogen-bond acceptors (Lipinski definition) is 6. The third-order valence-electron chi connectivity index (χ3n) is 3.87. The first kappa shape index (κ1) is 12.9. The summed E-state index contributed by atoms with van der Waals surface area (Å²) in [7, 11) is 0. The molecule has 106 valence electrons. The number of hydrogen-bond donors (Lipinski definition) is 0. The summed E-state index contributed by atoms with van der Waals surface area (Å²) in [4.78, 5) is 6.62. The van der Waals surface area contributed by atoms with Gasteiger partial charge in [-0.3, -0.25) is 0 Å². The Labute approximate surface area is 113 Å². The molecule has 2 saturated heterocycles. The second-order valence-electron chi connectivity index (χ2n) is 5.66. The van der Waals surface area contributed by atoms with E-state index in [1.54, 1.807) is 0 Å². The van der Waals surface area contributed by atoms with Crippen LogP contribution in [0.15, 0.2) is 4.52 Å². The van der Waals surface area contributed by atoms with Gasteiger partial charge in [-0.1, -0.05) is 19.0 Å². The Morgan fingerprint density at radius 3 is 2.68 bits per heavy atom. The number of ether oxygens (including phenoxy) is 2. The number of anilines is 1. The van der Waals surface area contributed by atoms with Crippen LogP contribution >= 0.6 is 0 Å². The van der Waals surface area contributed by atoms with E-state index in [4.69, 9.17) is 14.0 Å². The molecule has 19 heavy (non-hydrogen) atoms. The zero-order valence-corrected chi connectivity index (χ0v) is 11.6. The zero-order chi connectivity index (χ0) is 13.3. The molecule has 0 radical (unpaired) electrons. The topological polar surface area (TPSA) is 60.6 Å². The maximum Gasteiger partial charge on any atom is 0.324 e. The first-order valence-corrected chi connectivity index (χ1v) is 6.99. The molecule has 0 aliphatic carbocycles. The van der Waals surface area contributed by atoms with E-state index in [9.17, 15) is 0 Å². The summed E-state index contributed by atoms with van der Waals surface area (Å²) < 4.78 is 16.8. The number of aromatic nitrogens is 2. The lowest BCUT2D eigenvalue weighted by Gasteiger charge is -2.44. The van der Waals surface area contributed by atoms with Crippen molar-refractivity contribution in [2.75, 3.05) is 37.8 Å². The molecule has 3 heterocycles. The Hall–Kier alpha value is -1.14. The van der Waals surface area contributed by atoms with E-state index in [0.717, 1.165) is 45.0 Å². The number of morpholine rings is 1. The molecular formula is C13H21N3O3. The first-order chi connectivity index (χ1) is 9.19. The van der Waals surface area contributed by atoms with Gasteiger partial charge in [0, 0.05) is 38.5 Å². The lowest BCUT2D eigenvalue weighted by molar-refractivity contribution is -0.117. The van der Waals surface area contributed by atoms with Crippen molar-refractivity contribution in [2.24, 2.45) is 0 Å². The van der Waals surface area contributed by atoms with Crippen LogP contribution in [0.2, 0.25) is 0 Å². The Morgan fingerprint density at radius 2 is 2.00 bits per heavy atom. The average Bonchev–Trinajstić information content (AvgIpc) is 2.89. The maximum atomic E-state index is 6.00. The molecule has 0 amide bonds. The highest BCUT2D eigenvalue weighted by Crippen LogP contribution is 2.31. The third-order valence-corrected chi connectivity index (χ3v) is 3.87. The van der Waals surface area contributed by atoms with Crippen molar-refractivity contribution < 1.29 is 14.0 Å². The zero-order valence-electron chi connectivity index (χ0n) is 11.6. The van der Waals surface area contributed by atoms with Gasteiger partial charge >= 0.3 is 6.01 Å². The van der Waals surface area contributed by atoms with Crippen molar-refractivity contribution >= 4 is 6.01 Å². The predicted octanol–water partition coefficient (Wildman–Crippen LogP) is 1.58. The second-order valence-corrected chi connectivity index (χ2v) is 5.66. The fourth-order valence-electron chi connectivity index (χ4n) is 2.64. The minimum Gasteiger partial charge on any atom is -0.381 e. The van der Waals surface area contributed by atoms with Gasteiger partial charge in [0.25, 0.3) is 0 Å². The Morgan fingerprint density at radius 1 is 1.21 bits per heavy atom. The summed E-state index contributed by atoms with van der Waals surface area (Å²) in [6, 6.07) is 0.623. The summed E-state index contributed by atoms with van der Waals surface area (Å²) in [6.45, 7) is 8.00. The molecule has 0 atom stereocenters. The van der Waals surface area contributed by atoms with Crippen molar-refractivity contribution in [1.82, 2.24) is 10.1 Å². The van der Waals surface area contributed by atoms with Gasteiger partial charge < -0.3 is 18.9 Å². The molecule has 0 bridgehead atoms. The highest BCUT2D eigenvalue weighted by Gasteiger charge is 2.39. The van der Waals surface area contributed by atoms with Crippen molar-refractivity contribution in [3.63, 3.8) is 0 Å². The summed E-state index contributed by atoms with van der Waals surface area (Å²) in [5.41, 5.74) is -0.0943. The van der Waals surface area contributed by atoms with Crippen molar-refractivity contribution in [3.8, 4) is 0 Å². The maximum absolute atomic E-state index is 6.00. The van der Waals surface area contributed by atoms with E-state index in [2.05, 4.69) is 28.9 Å². The van der Waals surface area contributed by atoms with E-state index in [-0.39, 0.29) is 11.5 Å². The van der Waals surface area contributed by atoms with Gasteiger partial charge in [0.2, 0.25) is 0 Å².